The molecule has 2 rings (SSSR count). The molecule has 1 aromatic carbocycles. The van der Waals surface area contributed by atoms with Gasteiger partial charge in [-0.25, -0.2) is 0 Å². The minimum Gasteiger partial charge on any atom is -0.481 e. The number of nitrogens with one attached hydrogen (secondary N) is 2. The number of hydrogen-bond acceptors (Lipinski definition) is 7. The van der Waals surface area contributed by atoms with Crippen LogP contribution in [-0.2, 0) is 26.2 Å². The second-order valence-electron chi connectivity index (χ2n) is 13.7. The van der Waals surface area contributed by atoms with Gasteiger partial charge in [-0.2, -0.15) is 17.4 Å². The van der Waals surface area contributed by atoms with Crippen LogP contribution in [0.3, 0.4) is 0 Å². The molecule has 1 amide bonds. The number of piperazine rings is 1. The Morgan fingerprint density at radius 3 is 2.14 bits per heavy atom. The summed E-state index contributed by atoms with van der Waals surface area (Å²) in [5.74, 6) is -2.29. The Hall–Kier alpha value is -2.09. The van der Waals surface area contributed by atoms with Crippen molar-refractivity contribution >= 4 is 22.1 Å². The number of aliphatic hydroxyl groups is 1. The molecule has 1 heterocycles. The van der Waals surface area contributed by atoms with Crippen LogP contribution >= 0.6 is 0 Å². The maximum Gasteiger partial charge on any atom is 0.309 e. The van der Waals surface area contributed by atoms with Gasteiger partial charge in [0.25, 0.3) is 10.2 Å². The molecule has 1 aromatic rings. The third-order valence-corrected chi connectivity index (χ3v) is 10.2. The van der Waals surface area contributed by atoms with E-state index in [1.807, 2.05) is 58.0 Å². The quantitative estimate of drug-likeness (QED) is 0.206. The fourth-order valence-electron chi connectivity index (χ4n) is 5.03. The SMILES string of the molecule is CC(C)CCN(C[C@@H](O)[C@H](Cc1ccccc1)NC(=O)C(C)C(C)(C)C(=O)O)S(=O)(=O)NC(C)(C)CN1CCN(C)CC1. The highest BCUT2D eigenvalue weighted by atomic mass is 32.2. The number of likely N-dealkylation sites (N-methyl/N-ethyl adjacent to an activating group) is 1. The topological polar surface area (TPSA) is 143 Å². The Morgan fingerprint density at radius 2 is 1.60 bits per heavy atom. The number of nitrogens with zero attached hydrogens (tertiary/aromatic N) is 3. The van der Waals surface area contributed by atoms with Crippen molar-refractivity contribution in [3.05, 3.63) is 35.9 Å². The molecule has 246 valence electrons. The number of hydrogen-bond donors (Lipinski definition) is 4. The molecule has 1 aliphatic heterocycles. The van der Waals surface area contributed by atoms with Crippen LogP contribution in [0.25, 0.3) is 0 Å². The first-order valence-electron chi connectivity index (χ1n) is 15.3. The summed E-state index contributed by atoms with van der Waals surface area (Å²) < 4.78 is 31.8. The van der Waals surface area contributed by atoms with Crippen LogP contribution in [0.1, 0.15) is 60.5 Å². The normalized spacial score (nSPS) is 18.0. The van der Waals surface area contributed by atoms with Crippen molar-refractivity contribution in [2.24, 2.45) is 17.3 Å². The monoisotopic (exact) mass is 625 g/mol. The van der Waals surface area contributed by atoms with E-state index < -0.39 is 51.1 Å². The predicted octanol–water partition coefficient (Wildman–Crippen LogP) is 2.03. The van der Waals surface area contributed by atoms with Crippen LogP contribution in [0.4, 0.5) is 0 Å². The number of carbonyl (C=O) groups is 2. The zero-order chi connectivity index (χ0) is 32.6. The average molecular weight is 626 g/mol. The van der Waals surface area contributed by atoms with Crippen LogP contribution in [0, 0.1) is 17.3 Å². The van der Waals surface area contributed by atoms with E-state index in [1.54, 1.807) is 6.92 Å². The Balaban J connectivity index is 2.28. The Bertz CT molecular complexity index is 1140. The number of carboxylic acid groups (broad SMARTS) is 1. The molecule has 0 aliphatic carbocycles. The molecule has 3 atom stereocenters. The highest BCUT2D eigenvalue weighted by molar-refractivity contribution is 7.87. The van der Waals surface area contributed by atoms with Crippen LogP contribution in [0.15, 0.2) is 30.3 Å². The summed E-state index contributed by atoms with van der Waals surface area (Å²) in [5.41, 5.74) is -1.25. The molecule has 0 radical (unpaired) electrons. The minimum absolute atomic E-state index is 0.198. The summed E-state index contributed by atoms with van der Waals surface area (Å²) in [6, 6.07) is 8.45. The number of carboxylic acids is 1. The molecule has 12 heteroatoms. The van der Waals surface area contributed by atoms with Crippen LogP contribution in [0.5, 0.6) is 0 Å². The van der Waals surface area contributed by atoms with Gasteiger partial charge >= 0.3 is 5.97 Å². The molecule has 4 N–H and O–H groups in total. The molecular formula is C31H55N5O6S. The van der Waals surface area contributed by atoms with Gasteiger partial charge in [-0.15, -0.1) is 0 Å². The Labute approximate surface area is 259 Å². The number of benzene rings is 1. The summed E-state index contributed by atoms with van der Waals surface area (Å²) in [6.45, 7) is 16.3. The lowest BCUT2D eigenvalue weighted by atomic mass is 9.79. The molecule has 0 saturated carbocycles. The van der Waals surface area contributed by atoms with Crippen molar-refractivity contribution < 1.29 is 28.2 Å². The first-order valence-corrected chi connectivity index (χ1v) is 16.7. The van der Waals surface area contributed by atoms with Crippen molar-refractivity contribution in [2.45, 2.75) is 79.0 Å². The van der Waals surface area contributed by atoms with E-state index in [4.69, 9.17) is 0 Å². The summed E-state index contributed by atoms with van der Waals surface area (Å²) in [5, 5.41) is 24.0. The molecular weight excluding hydrogens is 570 g/mol. The van der Waals surface area contributed by atoms with Gasteiger partial charge in [0.05, 0.1) is 23.5 Å². The largest absolute Gasteiger partial charge is 0.481 e. The van der Waals surface area contributed by atoms with E-state index in [-0.39, 0.29) is 25.4 Å². The third-order valence-electron chi connectivity index (χ3n) is 8.42. The molecule has 1 aliphatic rings. The van der Waals surface area contributed by atoms with Crippen LogP contribution in [-0.4, -0.2) is 115 Å². The number of amides is 1. The van der Waals surface area contributed by atoms with Crippen molar-refractivity contribution in [1.29, 1.82) is 0 Å². The number of rotatable bonds is 17. The smallest absolute Gasteiger partial charge is 0.309 e. The van der Waals surface area contributed by atoms with Gasteiger partial charge in [-0.3, -0.25) is 14.5 Å². The van der Waals surface area contributed by atoms with Crippen LogP contribution in [0.2, 0.25) is 0 Å². The lowest BCUT2D eigenvalue weighted by molar-refractivity contribution is -0.153. The van der Waals surface area contributed by atoms with E-state index in [9.17, 15) is 28.2 Å². The van der Waals surface area contributed by atoms with Gasteiger partial charge in [0.1, 0.15) is 0 Å². The molecule has 1 fully saturated rings. The van der Waals surface area contributed by atoms with E-state index in [0.29, 0.717) is 13.0 Å². The summed E-state index contributed by atoms with van der Waals surface area (Å²) in [6.07, 6.45) is -0.422. The summed E-state index contributed by atoms with van der Waals surface area (Å²) >= 11 is 0. The molecule has 43 heavy (non-hydrogen) atoms. The molecule has 0 bridgehead atoms. The first-order chi connectivity index (χ1) is 19.8. The standard InChI is InChI=1S/C31H55N5O6S/c1-23(2)14-15-36(43(41,42)33-30(4,5)22-35-18-16-34(8)17-19-35)21-27(37)26(20-25-12-10-9-11-13-25)32-28(38)24(3)31(6,7)29(39)40/h9-13,23-24,26-27,33,37H,14-22H2,1-8H3,(H,32,38)(H,39,40)/t24?,26-,27+/m0/s1. The fourth-order valence-corrected chi connectivity index (χ4v) is 6.62. The molecule has 0 aromatic heterocycles. The predicted molar refractivity (Wildman–Crippen MR) is 170 cm³/mol. The lowest BCUT2D eigenvalue weighted by Gasteiger charge is -2.39. The Morgan fingerprint density at radius 1 is 1.02 bits per heavy atom. The summed E-state index contributed by atoms with van der Waals surface area (Å²) in [4.78, 5) is 29.6. The van der Waals surface area contributed by atoms with Crippen LogP contribution < -0.4 is 10.0 Å². The van der Waals surface area contributed by atoms with E-state index >= 15 is 0 Å². The second kappa shape index (κ2) is 15.8. The van der Waals surface area contributed by atoms with Crippen molar-refractivity contribution in [3.8, 4) is 0 Å². The van der Waals surface area contributed by atoms with E-state index in [0.717, 1.165) is 31.7 Å². The average Bonchev–Trinajstić information content (AvgIpc) is 2.90. The molecule has 0 spiro atoms. The first kappa shape index (κ1) is 37.1. The molecule has 1 saturated heterocycles. The third kappa shape index (κ3) is 11.7. The fraction of sp³-hybridized carbons (Fsp3) is 0.742. The zero-order valence-corrected chi connectivity index (χ0v) is 28.2. The summed E-state index contributed by atoms with van der Waals surface area (Å²) in [7, 11) is -1.95. The molecule has 1 unspecified atom stereocenters. The number of aliphatic hydroxyl groups excluding tert-OH is 1. The van der Waals surface area contributed by atoms with Crippen molar-refractivity contribution in [3.63, 3.8) is 0 Å². The maximum absolute atomic E-state index is 13.8. The lowest BCUT2D eigenvalue weighted by Crippen LogP contribution is -2.59. The minimum atomic E-state index is -4.02. The molecule has 11 nitrogen and oxygen atoms in total. The zero-order valence-electron chi connectivity index (χ0n) is 27.3. The van der Waals surface area contributed by atoms with Crippen molar-refractivity contribution in [1.82, 2.24) is 24.1 Å². The Kier molecular flexibility index (Phi) is 13.6. The van der Waals surface area contributed by atoms with E-state index in [1.165, 1.54) is 18.2 Å². The van der Waals surface area contributed by atoms with Gasteiger partial charge in [0.2, 0.25) is 5.91 Å². The van der Waals surface area contributed by atoms with Crippen molar-refractivity contribution in [2.75, 3.05) is 52.9 Å². The van der Waals surface area contributed by atoms with Gasteiger partial charge in [0.15, 0.2) is 0 Å². The highest BCUT2D eigenvalue weighted by Gasteiger charge is 2.40. The van der Waals surface area contributed by atoms with E-state index in [2.05, 4.69) is 26.9 Å². The highest BCUT2D eigenvalue weighted by Crippen LogP contribution is 2.27. The van der Waals surface area contributed by atoms with Gasteiger partial charge in [-0.05, 0) is 59.1 Å². The van der Waals surface area contributed by atoms with Gasteiger partial charge in [0, 0.05) is 51.4 Å². The van der Waals surface area contributed by atoms with Gasteiger partial charge < -0.3 is 20.4 Å². The number of aliphatic carboxylic acids is 1. The second-order valence-corrected chi connectivity index (χ2v) is 15.4. The number of carbonyl (C=O) groups excluding carboxylic acids is 1. The van der Waals surface area contributed by atoms with Gasteiger partial charge in [-0.1, -0.05) is 51.1 Å². The maximum atomic E-state index is 13.8.